The molecule has 0 saturated heterocycles. The number of rotatable bonds is 4. The van der Waals surface area contributed by atoms with Crippen LogP contribution in [0.2, 0.25) is 0 Å². The Morgan fingerprint density at radius 1 is 1.18 bits per heavy atom. The highest BCUT2D eigenvalue weighted by molar-refractivity contribution is 6.22. The summed E-state index contributed by atoms with van der Waals surface area (Å²) in [6.07, 6.45) is 0.163. The van der Waals surface area contributed by atoms with Crippen LogP contribution in [0.25, 0.3) is 0 Å². The van der Waals surface area contributed by atoms with Crippen molar-refractivity contribution in [1.82, 2.24) is 4.90 Å². The van der Waals surface area contributed by atoms with E-state index in [1.54, 1.807) is 24.3 Å². The summed E-state index contributed by atoms with van der Waals surface area (Å²) in [5, 5.41) is 2.61. The molecule has 5 nitrogen and oxygen atoms in total. The first kappa shape index (κ1) is 11.7. The van der Waals surface area contributed by atoms with Gasteiger partial charge in [0.15, 0.2) is 5.50 Å². The zero-order valence-corrected chi connectivity index (χ0v) is 9.55. The van der Waals surface area contributed by atoms with Crippen molar-refractivity contribution in [3.8, 4) is 0 Å². The molecule has 0 spiro atoms. The molecule has 1 atom stereocenters. The van der Waals surface area contributed by atoms with E-state index in [-0.39, 0.29) is 24.8 Å². The van der Waals surface area contributed by atoms with E-state index in [4.69, 9.17) is 11.6 Å². The summed E-state index contributed by atoms with van der Waals surface area (Å²) in [7, 11) is 0. The van der Waals surface area contributed by atoms with Crippen molar-refractivity contribution in [3.05, 3.63) is 40.3 Å². The maximum atomic E-state index is 11.9. The minimum absolute atomic E-state index is 0.103. The van der Waals surface area contributed by atoms with E-state index >= 15 is 0 Å². The molecule has 6 heteroatoms. The molecule has 0 aliphatic carbocycles. The molecule has 2 rings (SSSR count). The zero-order chi connectivity index (χ0) is 12.4. The molecule has 88 valence electrons. The van der Waals surface area contributed by atoms with Gasteiger partial charge in [-0.1, -0.05) is 28.9 Å². The van der Waals surface area contributed by atoms with Crippen LogP contribution in [-0.2, 0) is 0 Å². The third-order valence-electron chi connectivity index (χ3n) is 2.58. The number of hydrogen-bond donors (Lipinski definition) is 0. The Morgan fingerprint density at radius 3 is 2.18 bits per heavy atom. The largest absolute Gasteiger partial charge is 0.274 e. The van der Waals surface area contributed by atoms with E-state index in [9.17, 15) is 14.5 Å². The van der Waals surface area contributed by atoms with Crippen LogP contribution in [0.1, 0.15) is 27.1 Å². The van der Waals surface area contributed by atoms with Crippen molar-refractivity contribution < 1.29 is 9.59 Å². The second kappa shape index (κ2) is 4.63. The molecule has 0 bridgehead atoms. The van der Waals surface area contributed by atoms with Gasteiger partial charge < -0.3 is 0 Å². The molecule has 1 aliphatic rings. The number of hydrogen-bond acceptors (Lipinski definition) is 4. The predicted octanol–water partition coefficient (Wildman–Crippen LogP) is 2.00. The molecule has 0 radical (unpaired) electrons. The Morgan fingerprint density at radius 2 is 1.71 bits per heavy atom. The fourth-order valence-electron chi connectivity index (χ4n) is 1.73. The van der Waals surface area contributed by atoms with Crippen LogP contribution in [0.3, 0.4) is 0 Å². The molecule has 0 saturated carbocycles. The van der Waals surface area contributed by atoms with Gasteiger partial charge in [-0.05, 0) is 12.1 Å². The topological polar surface area (TPSA) is 66.8 Å². The highest BCUT2D eigenvalue weighted by Crippen LogP contribution is 2.23. The quantitative estimate of drug-likeness (QED) is 0.356. The molecule has 2 amide bonds. The van der Waals surface area contributed by atoms with Crippen LogP contribution >= 0.6 is 11.6 Å². The molecule has 0 aromatic heterocycles. The first-order valence-corrected chi connectivity index (χ1v) is 5.50. The molecule has 1 aromatic rings. The minimum atomic E-state index is -0.917. The highest BCUT2D eigenvalue weighted by atomic mass is 35.5. The van der Waals surface area contributed by atoms with Crippen molar-refractivity contribution in [2.45, 2.75) is 11.9 Å². The van der Waals surface area contributed by atoms with E-state index in [0.29, 0.717) is 11.1 Å². The molecule has 0 N–H and O–H groups in total. The number of halogens is 1. The number of amides is 2. The maximum absolute atomic E-state index is 11.9. The Bertz CT molecular complexity index is 454. The van der Waals surface area contributed by atoms with Crippen LogP contribution in [0.15, 0.2) is 29.4 Å². The minimum Gasteiger partial charge on any atom is -0.274 e. The number of imide groups is 1. The monoisotopic (exact) mass is 252 g/mol. The van der Waals surface area contributed by atoms with E-state index in [0.717, 1.165) is 4.90 Å². The number of nitrogens with zero attached hydrogens (tertiary/aromatic N) is 2. The molecule has 1 aliphatic heterocycles. The van der Waals surface area contributed by atoms with Gasteiger partial charge in [0.25, 0.3) is 11.8 Å². The second-order valence-electron chi connectivity index (χ2n) is 3.64. The number of benzene rings is 1. The van der Waals surface area contributed by atoms with Gasteiger partial charge in [0.1, 0.15) is 0 Å². The van der Waals surface area contributed by atoms with Crippen LogP contribution < -0.4 is 0 Å². The van der Waals surface area contributed by atoms with Crippen LogP contribution in [0.4, 0.5) is 0 Å². The Labute approximate surface area is 102 Å². The van der Waals surface area contributed by atoms with Crippen molar-refractivity contribution >= 4 is 23.4 Å². The average Bonchev–Trinajstić information content (AvgIpc) is 2.60. The summed E-state index contributed by atoms with van der Waals surface area (Å²) in [5.41, 5.74) is -0.135. The summed E-state index contributed by atoms with van der Waals surface area (Å²) in [5.74, 6) is -0.694. The molecule has 17 heavy (non-hydrogen) atoms. The van der Waals surface area contributed by atoms with Gasteiger partial charge in [-0.25, -0.2) is 0 Å². The fraction of sp³-hybridized carbons (Fsp3) is 0.273. The summed E-state index contributed by atoms with van der Waals surface area (Å²) in [4.78, 5) is 34.9. The highest BCUT2D eigenvalue weighted by Gasteiger charge is 2.34. The first-order chi connectivity index (χ1) is 8.15. The Hall–Kier alpha value is -1.75. The second-order valence-corrected chi connectivity index (χ2v) is 4.14. The molecular weight excluding hydrogens is 244 g/mol. The molecule has 1 heterocycles. The van der Waals surface area contributed by atoms with E-state index in [2.05, 4.69) is 5.18 Å². The summed E-state index contributed by atoms with van der Waals surface area (Å²) < 4.78 is 0. The third kappa shape index (κ3) is 2.06. The Kier molecular flexibility index (Phi) is 3.19. The smallest absolute Gasteiger partial charge is 0.261 e. The lowest BCUT2D eigenvalue weighted by Gasteiger charge is -2.13. The van der Waals surface area contributed by atoms with Crippen molar-refractivity contribution in [2.24, 2.45) is 5.18 Å². The van der Waals surface area contributed by atoms with Gasteiger partial charge in [0.2, 0.25) is 0 Å². The standard InChI is InChI=1S/C11H9ClN2O3/c12-9(13-17)5-6-14-10(15)7-3-1-2-4-8(7)11(14)16/h1-4,9H,5-6H2. The molecule has 0 fully saturated rings. The van der Waals surface area contributed by atoms with E-state index in [1.165, 1.54) is 0 Å². The van der Waals surface area contributed by atoms with Gasteiger partial charge in [0, 0.05) is 13.0 Å². The zero-order valence-electron chi connectivity index (χ0n) is 8.80. The van der Waals surface area contributed by atoms with Crippen molar-refractivity contribution in [3.63, 3.8) is 0 Å². The third-order valence-corrected chi connectivity index (χ3v) is 2.88. The summed E-state index contributed by atoms with van der Waals surface area (Å²) >= 11 is 5.52. The SMILES string of the molecule is O=NC(Cl)CCN1C(=O)c2ccccc2C1=O. The average molecular weight is 253 g/mol. The van der Waals surface area contributed by atoms with Crippen LogP contribution in [-0.4, -0.2) is 28.8 Å². The van der Waals surface area contributed by atoms with Crippen molar-refractivity contribution in [2.75, 3.05) is 6.54 Å². The molecule has 1 aromatic carbocycles. The maximum Gasteiger partial charge on any atom is 0.261 e. The number of alkyl halides is 1. The fourth-order valence-corrected chi connectivity index (χ4v) is 1.83. The van der Waals surface area contributed by atoms with Gasteiger partial charge in [0.05, 0.1) is 11.1 Å². The normalized spacial score (nSPS) is 15.9. The van der Waals surface area contributed by atoms with E-state index < -0.39 is 5.50 Å². The number of fused-ring (bicyclic) bond motifs is 1. The van der Waals surface area contributed by atoms with Gasteiger partial charge in [-0.3, -0.25) is 14.5 Å². The van der Waals surface area contributed by atoms with Crippen molar-refractivity contribution in [1.29, 1.82) is 0 Å². The lowest BCUT2D eigenvalue weighted by atomic mass is 10.1. The predicted molar refractivity (Wildman–Crippen MR) is 61.9 cm³/mol. The summed E-state index contributed by atoms with van der Waals surface area (Å²) in [6.45, 7) is 0.103. The van der Waals surface area contributed by atoms with Crippen LogP contribution in [0.5, 0.6) is 0 Å². The number of carbonyl (C=O) groups is 2. The Balaban J connectivity index is 2.16. The lowest BCUT2D eigenvalue weighted by Crippen LogP contribution is -2.31. The first-order valence-electron chi connectivity index (χ1n) is 5.07. The number of carbonyl (C=O) groups excluding carboxylic acids is 2. The van der Waals surface area contributed by atoms with Gasteiger partial charge in [-0.2, -0.15) is 0 Å². The number of nitroso groups, excluding NO2 is 1. The van der Waals surface area contributed by atoms with Gasteiger partial charge >= 0.3 is 0 Å². The van der Waals surface area contributed by atoms with E-state index in [1.807, 2.05) is 0 Å². The van der Waals surface area contributed by atoms with Crippen LogP contribution in [0, 0.1) is 4.91 Å². The molecule has 1 unspecified atom stereocenters. The lowest BCUT2D eigenvalue weighted by molar-refractivity contribution is 0.0652. The molecular formula is C11H9ClN2O3. The van der Waals surface area contributed by atoms with Gasteiger partial charge in [-0.15, -0.1) is 4.91 Å². The summed E-state index contributed by atoms with van der Waals surface area (Å²) in [6, 6.07) is 6.60.